The number of hydrogen-bond donors (Lipinski definition) is 2. The number of amides is 1. The summed E-state index contributed by atoms with van der Waals surface area (Å²) >= 11 is 0. The molecule has 0 aromatic carbocycles. The number of nitrogens with one attached hydrogen (secondary N) is 2. The molecule has 0 radical (unpaired) electrons. The van der Waals surface area contributed by atoms with Crippen LogP contribution in [-0.2, 0) is 4.74 Å². The molecule has 33 heavy (non-hydrogen) atoms. The molecule has 1 saturated heterocycles. The largest absolute Gasteiger partial charge is 0.379 e. The molecule has 2 N–H and O–H groups in total. The molecule has 5 rings (SSSR count). The van der Waals surface area contributed by atoms with Gasteiger partial charge >= 0.3 is 0 Å². The van der Waals surface area contributed by atoms with Gasteiger partial charge in [-0.1, -0.05) is 0 Å². The van der Waals surface area contributed by atoms with Gasteiger partial charge in [0.1, 0.15) is 5.82 Å². The molecule has 0 saturated carbocycles. The molecule has 0 spiro atoms. The fourth-order valence-electron chi connectivity index (χ4n) is 3.89. The molecule has 4 aromatic heterocycles. The lowest BCUT2D eigenvalue weighted by atomic mass is 10.1. The van der Waals surface area contributed by atoms with E-state index in [2.05, 4.69) is 39.7 Å². The molecule has 1 atom stereocenters. The summed E-state index contributed by atoms with van der Waals surface area (Å²) in [5.74, 6) is 0.556. The predicted molar refractivity (Wildman–Crippen MR) is 124 cm³/mol. The smallest absolute Gasteiger partial charge is 0.252 e. The summed E-state index contributed by atoms with van der Waals surface area (Å²) in [5, 5.41) is 15.2. The lowest BCUT2D eigenvalue weighted by molar-refractivity contribution is 0.0962. The van der Waals surface area contributed by atoms with E-state index in [1.165, 1.54) is 0 Å². The first kappa shape index (κ1) is 21.1. The van der Waals surface area contributed by atoms with Crippen molar-refractivity contribution < 1.29 is 9.53 Å². The van der Waals surface area contributed by atoms with E-state index >= 15 is 0 Å². The Hall–Kier alpha value is -3.79. The first-order valence-corrected chi connectivity index (χ1v) is 11.0. The maximum atomic E-state index is 12.1. The van der Waals surface area contributed by atoms with Crippen molar-refractivity contribution in [3.8, 4) is 22.3 Å². The average Bonchev–Trinajstić information content (AvgIpc) is 3.59. The minimum atomic E-state index is -0.193. The maximum absolute atomic E-state index is 12.1. The van der Waals surface area contributed by atoms with Crippen LogP contribution in [0.4, 0.5) is 5.82 Å². The number of carbonyl (C=O) groups excluding carboxylic acids is 1. The Labute approximate surface area is 191 Å². The van der Waals surface area contributed by atoms with Crippen LogP contribution in [0.5, 0.6) is 0 Å². The van der Waals surface area contributed by atoms with Crippen molar-refractivity contribution in [2.45, 2.75) is 32.4 Å². The number of ether oxygens (including phenoxy) is 1. The van der Waals surface area contributed by atoms with Crippen molar-refractivity contribution in [2.24, 2.45) is 0 Å². The summed E-state index contributed by atoms with van der Waals surface area (Å²) < 4.78 is 9.23. The van der Waals surface area contributed by atoms with Crippen molar-refractivity contribution >= 4 is 17.4 Å². The Balaban J connectivity index is 1.62. The number of anilines is 1. The van der Waals surface area contributed by atoms with Gasteiger partial charge in [0.25, 0.3) is 5.91 Å². The summed E-state index contributed by atoms with van der Waals surface area (Å²) in [7, 11) is 1.60. The second-order valence-electron chi connectivity index (χ2n) is 8.38. The molecule has 170 valence electrons. The zero-order chi connectivity index (χ0) is 22.9. The molecule has 5 heterocycles. The summed E-state index contributed by atoms with van der Waals surface area (Å²) in [6.07, 6.45) is 11.7. The van der Waals surface area contributed by atoms with Crippen LogP contribution in [0.2, 0.25) is 0 Å². The zero-order valence-corrected chi connectivity index (χ0v) is 18.8. The van der Waals surface area contributed by atoms with E-state index in [1.54, 1.807) is 36.2 Å². The molecular weight excluding hydrogens is 420 g/mol. The van der Waals surface area contributed by atoms with Gasteiger partial charge < -0.3 is 15.4 Å². The summed E-state index contributed by atoms with van der Waals surface area (Å²) in [5.41, 5.74) is 4.59. The zero-order valence-electron chi connectivity index (χ0n) is 18.8. The van der Waals surface area contributed by atoms with E-state index in [0.717, 1.165) is 41.1 Å². The van der Waals surface area contributed by atoms with Crippen LogP contribution in [0.25, 0.3) is 27.9 Å². The third-order valence-corrected chi connectivity index (χ3v) is 5.74. The Morgan fingerprint density at radius 2 is 2.00 bits per heavy atom. The molecule has 1 amide bonds. The van der Waals surface area contributed by atoms with Gasteiger partial charge in [0.15, 0.2) is 5.65 Å². The van der Waals surface area contributed by atoms with Crippen LogP contribution in [0, 0.1) is 0 Å². The number of carbonyl (C=O) groups is 1. The van der Waals surface area contributed by atoms with Gasteiger partial charge in [-0.15, -0.1) is 0 Å². The first-order chi connectivity index (χ1) is 16.0. The van der Waals surface area contributed by atoms with Gasteiger partial charge in [-0.05, 0) is 26.3 Å². The van der Waals surface area contributed by atoms with Gasteiger partial charge in [-0.3, -0.25) is 14.5 Å². The number of aromatic nitrogens is 6. The highest BCUT2D eigenvalue weighted by Gasteiger charge is 2.21. The van der Waals surface area contributed by atoms with Gasteiger partial charge in [0.05, 0.1) is 30.6 Å². The normalized spacial score (nSPS) is 15.9. The first-order valence-electron chi connectivity index (χ1n) is 11.0. The van der Waals surface area contributed by atoms with Gasteiger partial charge in [0.2, 0.25) is 0 Å². The van der Waals surface area contributed by atoms with Gasteiger partial charge in [-0.25, -0.2) is 9.50 Å². The minimum Gasteiger partial charge on any atom is -0.379 e. The highest BCUT2D eigenvalue weighted by atomic mass is 16.5. The van der Waals surface area contributed by atoms with Crippen LogP contribution in [0.15, 0.2) is 43.2 Å². The molecule has 0 unspecified atom stereocenters. The summed E-state index contributed by atoms with van der Waals surface area (Å²) in [6.45, 7) is 5.56. The average molecular weight is 447 g/mol. The molecular formula is C23H26N8O2. The lowest BCUT2D eigenvalue weighted by Crippen LogP contribution is -2.20. The SMILES string of the molecule is CNC(=O)c1cncc(-c2cnn3cc(-c4cnn(C(C)C)c4)c(N[C@H]4CCOC4)nc23)c1. The van der Waals surface area contributed by atoms with E-state index in [0.29, 0.717) is 17.8 Å². The highest BCUT2D eigenvalue weighted by Crippen LogP contribution is 2.32. The van der Waals surface area contributed by atoms with E-state index in [4.69, 9.17) is 9.72 Å². The fourth-order valence-corrected chi connectivity index (χ4v) is 3.89. The number of hydrogen-bond acceptors (Lipinski definition) is 7. The van der Waals surface area contributed by atoms with Crippen LogP contribution in [0.3, 0.4) is 0 Å². The lowest BCUT2D eigenvalue weighted by Gasteiger charge is -2.15. The Kier molecular flexibility index (Phi) is 5.51. The summed E-state index contributed by atoms with van der Waals surface area (Å²) in [6, 6.07) is 2.23. The number of rotatable bonds is 6. The minimum absolute atomic E-state index is 0.184. The highest BCUT2D eigenvalue weighted by molar-refractivity contribution is 5.95. The van der Waals surface area contributed by atoms with Crippen molar-refractivity contribution in [1.82, 2.24) is 34.7 Å². The molecule has 1 aliphatic rings. The molecule has 4 aromatic rings. The second kappa shape index (κ2) is 8.62. The summed E-state index contributed by atoms with van der Waals surface area (Å²) in [4.78, 5) is 21.3. The van der Waals surface area contributed by atoms with Crippen LogP contribution >= 0.6 is 0 Å². The van der Waals surface area contributed by atoms with Crippen molar-refractivity contribution in [3.63, 3.8) is 0 Å². The second-order valence-corrected chi connectivity index (χ2v) is 8.38. The maximum Gasteiger partial charge on any atom is 0.252 e. The number of pyridine rings is 1. The molecule has 0 bridgehead atoms. The molecule has 10 nitrogen and oxygen atoms in total. The Bertz CT molecular complexity index is 1300. The predicted octanol–water partition coefficient (Wildman–Crippen LogP) is 2.80. The molecule has 0 aliphatic carbocycles. The standard InChI is InChI=1S/C23H26N8O2/c1-14(2)30-11-17(9-26-30)20-12-31-22(29-21(20)28-18-4-5-33-13-18)19(10-27-31)15-6-16(8-25-7-15)23(32)24-3/h6-12,14,18H,4-5,13H2,1-3H3,(H,24,32)(H,28,29)/t18-/m0/s1. The fraction of sp³-hybridized carbons (Fsp3) is 0.348. The van der Waals surface area contributed by atoms with Crippen LogP contribution in [-0.4, -0.2) is 61.6 Å². The third kappa shape index (κ3) is 4.05. The molecule has 1 aliphatic heterocycles. The van der Waals surface area contributed by atoms with Crippen molar-refractivity contribution in [3.05, 3.63) is 48.8 Å². The number of fused-ring (bicyclic) bond motifs is 1. The molecule has 1 fully saturated rings. The van der Waals surface area contributed by atoms with E-state index in [9.17, 15) is 4.79 Å². The quantitative estimate of drug-likeness (QED) is 0.468. The Morgan fingerprint density at radius 1 is 1.12 bits per heavy atom. The van der Waals surface area contributed by atoms with E-state index in [-0.39, 0.29) is 18.0 Å². The van der Waals surface area contributed by atoms with Crippen molar-refractivity contribution in [2.75, 3.05) is 25.6 Å². The molecule has 10 heteroatoms. The van der Waals surface area contributed by atoms with Crippen LogP contribution < -0.4 is 10.6 Å². The number of nitrogens with zero attached hydrogens (tertiary/aromatic N) is 6. The third-order valence-electron chi connectivity index (χ3n) is 5.74. The monoisotopic (exact) mass is 446 g/mol. The topological polar surface area (TPSA) is 111 Å². The van der Waals surface area contributed by atoms with Gasteiger partial charge in [0, 0.05) is 66.7 Å². The van der Waals surface area contributed by atoms with Crippen molar-refractivity contribution in [1.29, 1.82) is 0 Å². The van der Waals surface area contributed by atoms with E-state index in [1.807, 2.05) is 23.3 Å². The van der Waals surface area contributed by atoms with Crippen LogP contribution in [0.1, 0.15) is 36.7 Å². The Morgan fingerprint density at radius 3 is 2.73 bits per heavy atom. The van der Waals surface area contributed by atoms with Gasteiger partial charge in [-0.2, -0.15) is 10.2 Å². The van der Waals surface area contributed by atoms with E-state index < -0.39 is 0 Å².